The van der Waals surface area contributed by atoms with Crippen LogP contribution in [0.3, 0.4) is 0 Å². The van der Waals surface area contributed by atoms with Gasteiger partial charge in [0.15, 0.2) is 16.3 Å². The number of nitrogens with zero attached hydrogens (tertiary/aromatic N) is 1. The van der Waals surface area contributed by atoms with Crippen molar-refractivity contribution in [2.75, 3.05) is 13.2 Å². The van der Waals surface area contributed by atoms with E-state index < -0.39 is 28.4 Å². The van der Waals surface area contributed by atoms with Gasteiger partial charge in [-0.25, -0.2) is 8.42 Å². The monoisotopic (exact) mass is 370 g/mol. The van der Waals surface area contributed by atoms with Gasteiger partial charge in [0.2, 0.25) is 0 Å². The highest BCUT2D eigenvalue weighted by atomic mass is 32.2. The molecule has 4 aliphatic rings. The molecule has 24 heavy (non-hydrogen) atoms. The molecule has 4 fully saturated rings. The van der Waals surface area contributed by atoms with Gasteiger partial charge in [-0.05, 0) is 62.7 Å². The molecular weight excluding hydrogens is 347 g/mol. The molecule has 4 saturated carbocycles. The average molecular weight is 370 g/mol. The Morgan fingerprint density at radius 3 is 2.08 bits per heavy atom. The minimum Gasteiger partial charge on any atom is -0.541 e. The van der Waals surface area contributed by atoms with Crippen LogP contribution in [0.25, 0.3) is 4.72 Å². The summed E-state index contributed by atoms with van der Waals surface area (Å²) in [6, 6.07) is 0. The quantitative estimate of drug-likeness (QED) is 0.552. The van der Waals surface area contributed by atoms with E-state index in [4.69, 9.17) is 4.74 Å². The van der Waals surface area contributed by atoms with E-state index in [-0.39, 0.29) is 18.4 Å². The number of ether oxygens (including phenoxy) is 1. The van der Waals surface area contributed by atoms with Gasteiger partial charge >= 0.3 is 5.51 Å². The Hall–Kier alpha value is -0.380. The minimum atomic E-state index is -5.43. The fraction of sp³-hybridized carbons (Fsp3) is 1.00. The van der Waals surface area contributed by atoms with E-state index in [1.54, 1.807) is 0 Å². The molecule has 0 amide bonds. The summed E-state index contributed by atoms with van der Waals surface area (Å²) in [5.41, 5.74) is -5.57. The lowest BCUT2D eigenvalue weighted by molar-refractivity contribution is -0.227. The summed E-state index contributed by atoms with van der Waals surface area (Å²) in [5, 5.41) is 10.5. The molecule has 0 saturated heterocycles. The van der Waals surface area contributed by atoms with Gasteiger partial charge in [0.1, 0.15) is 0 Å². The van der Waals surface area contributed by atoms with Crippen LogP contribution in [0.1, 0.15) is 44.9 Å². The van der Waals surface area contributed by atoms with Crippen molar-refractivity contribution < 1.29 is 31.4 Å². The Kier molecular flexibility index (Phi) is 4.92. The summed E-state index contributed by atoms with van der Waals surface area (Å²) in [4.78, 5) is 0. The first-order valence-corrected chi connectivity index (χ1v) is 9.85. The average Bonchev–Trinajstić information content (AvgIpc) is 2.43. The van der Waals surface area contributed by atoms with E-state index in [0.717, 1.165) is 19.3 Å². The fourth-order valence-electron chi connectivity index (χ4n) is 5.17. The Balaban J connectivity index is 1.43. The van der Waals surface area contributed by atoms with Crippen LogP contribution in [0, 0.1) is 23.2 Å². The summed E-state index contributed by atoms with van der Waals surface area (Å²) in [6.07, 6.45) is 5.66. The Morgan fingerprint density at radius 1 is 1.12 bits per heavy atom. The number of alkyl halides is 3. The second kappa shape index (κ2) is 6.41. The number of sulfonamides is 1. The second-order valence-electron chi connectivity index (χ2n) is 7.63. The van der Waals surface area contributed by atoms with Crippen molar-refractivity contribution in [3.05, 3.63) is 4.72 Å². The zero-order valence-corrected chi connectivity index (χ0v) is 14.2. The lowest BCUT2D eigenvalue weighted by Gasteiger charge is -2.57. The maximum absolute atomic E-state index is 12.1. The van der Waals surface area contributed by atoms with E-state index in [1.165, 1.54) is 19.3 Å². The molecule has 0 aliphatic heterocycles. The van der Waals surface area contributed by atoms with E-state index in [1.807, 2.05) is 0 Å². The van der Waals surface area contributed by atoms with Gasteiger partial charge in [0.05, 0.1) is 0 Å². The first kappa shape index (κ1) is 18.4. The lowest BCUT2D eigenvalue weighted by Crippen LogP contribution is -2.52. The highest BCUT2D eigenvalue weighted by Gasteiger charge is 2.54. The largest absolute Gasteiger partial charge is 0.541 e. The van der Waals surface area contributed by atoms with Crippen molar-refractivity contribution in [2.24, 2.45) is 23.2 Å². The zero-order chi connectivity index (χ0) is 17.6. The van der Waals surface area contributed by atoms with E-state index in [9.17, 15) is 26.7 Å². The molecule has 0 radical (unpaired) electrons. The first-order valence-electron chi connectivity index (χ1n) is 8.41. The van der Waals surface area contributed by atoms with Gasteiger partial charge in [-0.15, -0.1) is 6.54 Å². The maximum atomic E-state index is 12.1. The molecule has 5 nitrogen and oxygen atoms in total. The van der Waals surface area contributed by atoms with E-state index in [2.05, 4.69) is 4.72 Å². The molecule has 1 N–H and O–H groups in total. The van der Waals surface area contributed by atoms with Crippen LogP contribution in [0.4, 0.5) is 13.2 Å². The van der Waals surface area contributed by atoms with Crippen LogP contribution >= 0.6 is 0 Å². The minimum absolute atomic E-state index is 0.000205. The van der Waals surface area contributed by atoms with Crippen LogP contribution in [-0.2, 0) is 14.8 Å². The number of aliphatic hydroxyl groups is 1. The molecule has 0 aromatic rings. The van der Waals surface area contributed by atoms with E-state index in [0.29, 0.717) is 17.8 Å². The number of rotatable bonds is 7. The van der Waals surface area contributed by atoms with Crippen molar-refractivity contribution >= 4 is 10.0 Å². The third kappa shape index (κ3) is 3.59. The summed E-state index contributed by atoms with van der Waals surface area (Å²) in [7, 11) is -5.43. The zero-order valence-electron chi connectivity index (χ0n) is 13.3. The molecule has 1 unspecified atom stereocenters. The highest BCUT2D eigenvalue weighted by Crippen LogP contribution is 2.61. The molecule has 140 valence electrons. The molecule has 4 aliphatic carbocycles. The van der Waals surface area contributed by atoms with Gasteiger partial charge in [-0.3, -0.25) is 0 Å². The van der Waals surface area contributed by atoms with Crippen LogP contribution in [0.15, 0.2) is 0 Å². The topological polar surface area (TPSA) is 77.7 Å². The van der Waals surface area contributed by atoms with Crippen LogP contribution in [0.5, 0.6) is 0 Å². The van der Waals surface area contributed by atoms with Crippen molar-refractivity contribution in [1.82, 2.24) is 0 Å². The molecule has 1 atom stereocenters. The molecule has 9 heteroatoms. The van der Waals surface area contributed by atoms with Crippen molar-refractivity contribution in [2.45, 2.75) is 56.7 Å². The van der Waals surface area contributed by atoms with Gasteiger partial charge in [0.25, 0.3) is 0 Å². The van der Waals surface area contributed by atoms with Gasteiger partial charge in [-0.2, -0.15) is 13.2 Å². The van der Waals surface area contributed by atoms with Crippen LogP contribution < -0.4 is 0 Å². The van der Waals surface area contributed by atoms with Gasteiger partial charge in [0, 0.05) is 12.0 Å². The molecule has 0 aromatic carbocycles. The predicted octanol–water partition coefficient (Wildman–Crippen LogP) is 3.15. The SMILES string of the molecule is O=S(=O)([N-]CCCOC(O)C12CC3CC(CC(C3)C1)C2)C(F)(F)F. The maximum Gasteiger partial charge on any atom is 0.480 e. The third-order valence-electron chi connectivity index (χ3n) is 5.74. The Bertz CT molecular complexity index is 528. The van der Waals surface area contributed by atoms with E-state index >= 15 is 0 Å². The first-order chi connectivity index (χ1) is 11.1. The lowest BCUT2D eigenvalue weighted by atomic mass is 9.49. The van der Waals surface area contributed by atoms with Crippen LogP contribution in [-0.4, -0.2) is 38.5 Å². The van der Waals surface area contributed by atoms with Gasteiger partial charge < -0.3 is 14.6 Å². The second-order valence-corrected chi connectivity index (χ2v) is 9.30. The molecule has 4 rings (SSSR count). The molecule has 0 heterocycles. The summed E-state index contributed by atoms with van der Waals surface area (Å²) in [5.74, 6) is 1.96. The standard InChI is InChI=1S/C15H23F3NO4S/c16-15(17,18)24(21,22)19-2-1-3-23-13(20)14-7-10-4-11(8-14)6-12(5-10)9-14/h10-13,20H,1-9H2/q-1. The predicted molar refractivity (Wildman–Crippen MR) is 80.4 cm³/mol. The summed E-state index contributed by atoms with van der Waals surface area (Å²) < 4.78 is 66.2. The number of hydrogen-bond acceptors (Lipinski definition) is 4. The molecule has 4 bridgehead atoms. The fourth-order valence-corrected chi connectivity index (χ4v) is 5.69. The van der Waals surface area contributed by atoms with Crippen molar-refractivity contribution in [3.8, 4) is 0 Å². The number of aliphatic hydroxyl groups excluding tert-OH is 1. The number of halogens is 3. The molecular formula is C15H23F3NO4S-. The molecule has 0 spiro atoms. The van der Waals surface area contributed by atoms with Crippen molar-refractivity contribution in [3.63, 3.8) is 0 Å². The van der Waals surface area contributed by atoms with Crippen molar-refractivity contribution in [1.29, 1.82) is 0 Å². The Labute approximate surface area is 140 Å². The molecule has 0 aromatic heterocycles. The third-order valence-corrected chi connectivity index (χ3v) is 6.85. The summed E-state index contributed by atoms with van der Waals surface area (Å²) >= 11 is 0. The number of hydrogen-bond donors (Lipinski definition) is 1. The smallest absolute Gasteiger partial charge is 0.480 e. The highest BCUT2D eigenvalue weighted by molar-refractivity contribution is 7.94. The van der Waals surface area contributed by atoms with Gasteiger partial charge in [-0.1, -0.05) is 0 Å². The summed E-state index contributed by atoms with van der Waals surface area (Å²) in [6.45, 7) is -0.491. The Morgan fingerprint density at radius 2 is 1.62 bits per heavy atom. The van der Waals surface area contributed by atoms with Crippen LogP contribution in [0.2, 0.25) is 0 Å². The normalized spacial score (nSPS) is 36.9.